The van der Waals surface area contributed by atoms with Crippen molar-refractivity contribution >= 4 is 43.0 Å². The molecule has 4 aromatic rings. The Morgan fingerprint density at radius 1 is 0.932 bits per heavy atom. The number of ether oxygens (including phenoxy) is 1. The summed E-state index contributed by atoms with van der Waals surface area (Å²) in [6, 6.07) is 13.2. The number of rotatable bonds is 9. The highest BCUT2D eigenvalue weighted by Gasteiger charge is 2.36. The summed E-state index contributed by atoms with van der Waals surface area (Å²) in [5.74, 6) is -0.208. The fourth-order valence-electron chi connectivity index (χ4n) is 5.33. The van der Waals surface area contributed by atoms with Crippen molar-refractivity contribution in [3.05, 3.63) is 92.2 Å². The van der Waals surface area contributed by atoms with Gasteiger partial charge >= 0.3 is 6.18 Å². The molecule has 0 spiro atoms. The van der Waals surface area contributed by atoms with E-state index in [-0.39, 0.29) is 28.9 Å². The van der Waals surface area contributed by atoms with E-state index in [9.17, 15) is 18.3 Å². The molecule has 4 rings (SSSR count). The lowest BCUT2D eigenvalue weighted by atomic mass is 9.80. The third-order valence-corrected chi connectivity index (χ3v) is 8.60. The normalized spacial score (nSPS) is 12.8. The summed E-state index contributed by atoms with van der Waals surface area (Å²) >= 11 is 13.2. The first-order valence-electron chi connectivity index (χ1n) is 14.7. The molecule has 0 aliphatic rings. The van der Waals surface area contributed by atoms with Crippen molar-refractivity contribution in [2.75, 3.05) is 13.2 Å². The summed E-state index contributed by atoms with van der Waals surface area (Å²) in [5.41, 5.74) is 2.57. The predicted octanol–water partition coefficient (Wildman–Crippen LogP) is 9.35. The summed E-state index contributed by atoms with van der Waals surface area (Å²) in [6.07, 6.45) is -3.42. The van der Waals surface area contributed by atoms with E-state index < -0.39 is 26.7 Å². The molecule has 0 saturated heterocycles. The van der Waals surface area contributed by atoms with Crippen molar-refractivity contribution in [2.24, 2.45) is 0 Å². The van der Waals surface area contributed by atoms with Crippen LogP contribution in [-0.4, -0.2) is 43.2 Å². The second-order valence-corrected chi connectivity index (χ2v) is 14.8. The van der Waals surface area contributed by atoms with Gasteiger partial charge in [-0.15, -0.1) is 0 Å². The number of aliphatic hydroxyl groups is 1. The lowest BCUT2D eigenvalue weighted by Gasteiger charge is -2.26. The van der Waals surface area contributed by atoms with Gasteiger partial charge in [-0.2, -0.15) is 18.3 Å². The summed E-state index contributed by atoms with van der Waals surface area (Å²) in [6.45, 7) is 14.4. The van der Waals surface area contributed by atoms with Crippen LogP contribution >= 0.6 is 23.2 Å². The summed E-state index contributed by atoms with van der Waals surface area (Å²) < 4.78 is 52.2. The number of aryl methyl sites for hydroxylation is 2. The van der Waals surface area contributed by atoms with Gasteiger partial charge < -0.3 is 14.3 Å². The number of hydrogen-bond acceptors (Lipinski definition) is 4. The Kier molecular flexibility index (Phi) is 12.4. The summed E-state index contributed by atoms with van der Waals surface area (Å²) in [7, 11) is -0.796. The number of aromatic nitrogens is 2. The van der Waals surface area contributed by atoms with Crippen molar-refractivity contribution < 1.29 is 27.4 Å². The molecule has 5 nitrogen and oxygen atoms in total. The Morgan fingerprint density at radius 2 is 1.57 bits per heavy atom. The summed E-state index contributed by atoms with van der Waals surface area (Å²) in [5, 5.41) is 18.5. The highest BCUT2D eigenvalue weighted by Crippen LogP contribution is 2.49. The lowest BCUT2D eigenvalue weighted by molar-refractivity contribution is -0.137. The Hall–Kier alpha value is -2.56. The van der Waals surface area contributed by atoms with Crippen molar-refractivity contribution in [2.45, 2.75) is 78.2 Å². The average Bonchev–Trinajstić information content (AvgIpc) is 3.35. The minimum absolute atomic E-state index is 0.0409. The minimum atomic E-state index is -4.60. The molecule has 0 bridgehead atoms. The monoisotopic (exact) mass is 668 g/mol. The second-order valence-electron chi connectivity index (χ2n) is 11.6. The molecule has 1 heterocycles. The molecule has 11 heteroatoms. The van der Waals surface area contributed by atoms with Crippen LogP contribution in [0.1, 0.15) is 74.2 Å². The van der Waals surface area contributed by atoms with Gasteiger partial charge in [0, 0.05) is 43.9 Å². The molecule has 0 aliphatic heterocycles. The van der Waals surface area contributed by atoms with Crippen LogP contribution in [0, 0.1) is 0 Å². The fourth-order valence-corrected chi connectivity index (χ4v) is 7.45. The first kappa shape index (κ1) is 35.9. The van der Waals surface area contributed by atoms with Gasteiger partial charge in [0.15, 0.2) is 9.04 Å². The van der Waals surface area contributed by atoms with Crippen LogP contribution in [0.2, 0.25) is 23.1 Å². The number of nitrogens with zero attached hydrogens (tertiary/aromatic N) is 1. The van der Waals surface area contributed by atoms with E-state index in [0.717, 1.165) is 39.9 Å². The second kappa shape index (κ2) is 15.1. The number of halogens is 5. The predicted molar refractivity (Wildman–Crippen MR) is 176 cm³/mol. The van der Waals surface area contributed by atoms with Crippen LogP contribution in [-0.2, 0) is 23.4 Å². The summed E-state index contributed by atoms with van der Waals surface area (Å²) in [4.78, 5) is 0. The third kappa shape index (κ3) is 8.79. The Balaban J connectivity index is 0.000000583. The number of nitrogens with one attached hydrogen (secondary N) is 1. The zero-order chi connectivity index (χ0) is 32.8. The SMILES string of the molecule is CCc1n[nH]c(CC)c1C(c1c(Cl)cc(C(F)(F)F)cc1Cl)c1c(OCCO)ccc2ccccc12.C[SiH](C)OC(C)(C)C. The molecule has 2 N–H and O–H groups in total. The van der Waals surface area contributed by atoms with Crippen LogP contribution in [0.4, 0.5) is 13.2 Å². The highest BCUT2D eigenvalue weighted by atomic mass is 35.5. The van der Waals surface area contributed by atoms with E-state index in [1.165, 1.54) is 0 Å². The molecule has 0 fully saturated rings. The first-order valence-corrected chi connectivity index (χ1v) is 18.2. The zero-order valence-corrected chi connectivity index (χ0v) is 28.9. The number of aromatic amines is 1. The van der Waals surface area contributed by atoms with Gasteiger partial charge in [-0.1, -0.05) is 67.4 Å². The van der Waals surface area contributed by atoms with Crippen molar-refractivity contribution in [3.8, 4) is 5.75 Å². The Labute approximate surface area is 269 Å². The lowest BCUT2D eigenvalue weighted by Crippen LogP contribution is -2.25. The van der Waals surface area contributed by atoms with Gasteiger partial charge in [-0.05, 0) is 75.7 Å². The highest BCUT2D eigenvalue weighted by molar-refractivity contribution is 6.48. The molecule has 0 saturated carbocycles. The number of H-pyrrole nitrogens is 1. The zero-order valence-electron chi connectivity index (χ0n) is 26.2. The topological polar surface area (TPSA) is 67.4 Å². The fraction of sp³-hybridized carbons (Fsp3) is 0.424. The van der Waals surface area contributed by atoms with Crippen LogP contribution < -0.4 is 4.74 Å². The molecule has 240 valence electrons. The molecule has 1 atom stereocenters. The molecule has 1 unspecified atom stereocenters. The molecule has 0 radical (unpaired) electrons. The largest absolute Gasteiger partial charge is 0.491 e. The molecule has 0 amide bonds. The van der Waals surface area contributed by atoms with E-state index in [1.807, 2.05) is 44.2 Å². The van der Waals surface area contributed by atoms with E-state index >= 15 is 0 Å². The molecule has 1 aromatic heterocycles. The maximum Gasteiger partial charge on any atom is 0.416 e. The average molecular weight is 670 g/mol. The quantitative estimate of drug-likeness (QED) is 0.174. The van der Waals surface area contributed by atoms with Crippen molar-refractivity contribution in [1.82, 2.24) is 10.2 Å². The van der Waals surface area contributed by atoms with Crippen LogP contribution in [0.5, 0.6) is 5.75 Å². The van der Waals surface area contributed by atoms with E-state index in [0.29, 0.717) is 29.7 Å². The Bertz CT molecular complexity index is 1510. The smallest absolute Gasteiger partial charge is 0.416 e. The molecular formula is C33H41Cl2F3N2O3Si. The van der Waals surface area contributed by atoms with Gasteiger partial charge in [0.2, 0.25) is 0 Å². The van der Waals surface area contributed by atoms with E-state index in [4.69, 9.17) is 32.4 Å². The van der Waals surface area contributed by atoms with Crippen molar-refractivity contribution in [3.63, 3.8) is 0 Å². The van der Waals surface area contributed by atoms with Crippen molar-refractivity contribution in [1.29, 1.82) is 0 Å². The number of aliphatic hydroxyl groups excluding tert-OH is 1. The molecule has 0 aliphatic carbocycles. The van der Waals surface area contributed by atoms with Gasteiger partial charge in [-0.25, -0.2) is 0 Å². The first-order chi connectivity index (χ1) is 20.6. The number of hydrogen-bond donors (Lipinski definition) is 2. The molecule has 44 heavy (non-hydrogen) atoms. The van der Waals surface area contributed by atoms with E-state index in [2.05, 4.69) is 44.1 Å². The molecular weight excluding hydrogens is 628 g/mol. The van der Waals surface area contributed by atoms with Gasteiger partial charge in [0.25, 0.3) is 0 Å². The van der Waals surface area contributed by atoms with Gasteiger partial charge in [-0.3, -0.25) is 5.10 Å². The van der Waals surface area contributed by atoms with Gasteiger partial charge in [0.1, 0.15) is 12.4 Å². The van der Waals surface area contributed by atoms with Crippen LogP contribution in [0.3, 0.4) is 0 Å². The number of fused-ring (bicyclic) bond motifs is 1. The maximum atomic E-state index is 13.6. The van der Waals surface area contributed by atoms with E-state index in [1.54, 1.807) is 6.07 Å². The third-order valence-electron chi connectivity index (χ3n) is 6.79. The maximum absolute atomic E-state index is 13.6. The minimum Gasteiger partial charge on any atom is -0.491 e. The number of benzene rings is 3. The van der Waals surface area contributed by atoms with Crippen LogP contribution in [0.25, 0.3) is 10.8 Å². The van der Waals surface area contributed by atoms with Gasteiger partial charge in [0.05, 0.1) is 17.9 Å². The Morgan fingerprint density at radius 3 is 2.07 bits per heavy atom. The van der Waals surface area contributed by atoms with Crippen LogP contribution in [0.15, 0.2) is 48.5 Å². The standard InChI is InChI=1S/C27H25Cl2F3N2O2.C6H16OSi/c1-3-20-25(21(4-2)34-33-20)26(24-18(28)13-16(14-19(24)29)27(30,31)32)23-17-8-6-5-7-15(17)9-10-22(23)36-12-11-35;1-6(2,3)7-8(4)5/h5-10,13-14,26,35H,3-4,11-12H2,1-2H3,(H,33,34);8H,1-5H3. The number of alkyl halides is 3. The molecule has 3 aromatic carbocycles.